The number of ether oxygens (including phenoxy) is 2. The molecule has 0 aliphatic carbocycles. The van der Waals surface area contributed by atoms with Crippen LogP contribution in [-0.2, 0) is 0 Å². The summed E-state index contributed by atoms with van der Waals surface area (Å²) in [5, 5.41) is 6.78. The first-order valence-electron chi connectivity index (χ1n) is 6.18. The van der Waals surface area contributed by atoms with Gasteiger partial charge >= 0.3 is 0 Å². The summed E-state index contributed by atoms with van der Waals surface area (Å²) in [6.07, 6.45) is 0. The van der Waals surface area contributed by atoms with E-state index in [4.69, 9.17) is 21.7 Å². The maximum absolute atomic E-state index is 5.34. The van der Waals surface area contributed by atoms with Gasteiger partial charge in [0.05, 0.1) is 25.6 Å². The molecule has 21 heavy (non-hydrogen) atoms. The maximum atomic E-state index is 5.34. The number of halogens is 1. The lowest BCUT2D eigenvalue weighted by molar-refractivity contribution is 0.405. The van der Waals surface area contributed by atoms with Gasteiger partial charge < -0.3 is 20.1 Å². The minimum Gasteiger partial charge on any atom is -0.497 e. The van der Waals surface area contributed by atoms with E-state index in [1.807, 2.05) is 42.5 Å². The Labute approximate surface area is 143 Å². The molecule has 6 heteroatoms. The predicted octanol–water partition coefficient (Wildman–Crippen LogP) is 4.12. The fourth-order valence-electron chi connectivity index (χ4n) is 1.75. The third-order valence-electron chi connectivity index (χ3n) is 2.78. The molecule has 0 aliphatic heterocycles. The molecule has 0 saturated heterocycles. The molecule has 0 amide bonds. The summed E-state index contributed by atoms with van der Waals surface area (Å²) < 4.78 is 11.6. The molecule has 0 atom stereocenters. The quantitative estimate of drug-likeness (QED) is 0.582. The summed E-state index contributed by atoms with van der Waals surface area (Å²) in [5.41, 5.74) is 1.71. The number of hydrogen-bond donors (Lipinski definition) is 2. The van der Waals surface area contributed by atoms with E-state index >= 15 is 0 Å². The van der Waals surface area contributed by atoms with E-state index < -0.39 is 0 Å². The van der Waals surface area contributed by atoms with Crippen molar-refractivity contribution in [2.24, 2.45) is 0 Å². The second-order valence-corrected chi connectivity index (χ2v) is 5.70. The predicted molar refractivity (Wildman–Crippen MR) is 98.5 cm³/mol. The first kappa shape index (κ1) is 15.8. The van der Waals surface area contributed by atoms with Crippen LogP contribution >= 0.6 is 34.8 Å². The zero-order valence-corrected chi connectivity index (χ0v) is 14.6. The number of anilines is 2. The molecule has 0 fully saturated rings. The van der Waals surface area contributed by atoms with Crippen molar-refractivity contribution in [3.05, 3.63) is 46.0 Å². The first-order valence-corrected chi connectivity index (χ1v) is 7.67. The van der Waals surface area contributed by atoms with E-state index in [0.29, 0.717) is 10.9 Å². The van der Waals surface area contributed by atoms with Crippen molar-refractivity contribution in [3.63, 3.8) is 0 Å². The topological polar surface area (TPSA) is 42.5 Å². The summed E-state index contributed by atoms with van der Waals surface area (Å²) in [6, 6.07) is 13.4. The fraction of sp³-hybridized carbons (Fsp3) is 0.133. The lowest BCUT2D eigenvalue weighted by Crippen LogP contribution is -2.20. The zero-order chi connectivity index (χ0) is 15.2. The third kappa shape index (κ3) is 4.21. The van der Waals surface area contributed by atoms with Crippen LogP contribution in [0.4, 0.5) is 11.4 Å². The highest BCUT2D eigenvalue weighted by atomic mass is 127. The van der Waals surface area contributed by atoms with E-state index in [1.165, 1.54) is 0 Å². The number of nitrogens with one attached hydrogen (secondary N) is 2. The molecule has 0 saturated carbocycles. The molecule has 0 aliphatic rings. The van der Waals surface area contributed by atoms with Crippen molar-refractivity contribution in [1.29, 1.82) is 0 Å². The third-order valence-corrected chi connectivity index (χ3v) is 3.92. The summed E-state index contributed by atoms with van der Waals surface area (Å²) in [6.45, 7) is 0. The number of rotatable bonds is 4. The largest absolute Gasteiger partial charge is 0.497 e. The van der Waals surface area contributed by atoms with Gasteiger partial charge in [-0.2, -0.15) is 0 Å². The molecule has 2 aromatic rings. The Hall–Kier alpha value is -1.54. The van der Waals surface area contributed by atoms with Crippen LogP contribution in [0.15, 0.2) is 42.5 Å². The standard InChI is InChI=1S/C15H15IN2O2S/c1-19-10-7-8-14(20-2)13(9-10)18-15(21)17-12-6-4-3-5-11(12)16/h3-9H,1-2H3,(H2,17,18,21). The highest BCUT2D eigenvalue weighted by Crippen LogP contribution is 2.29. The number of methoxy groups -OCH3 is 2. The fourth-order valence-corrected chi connectivity index (χ4v) is 2.49. The molecule has 0 radical (unpaired) electrons. The molecule has 0 bridgehead atoms. The van der Waals surface area contributed by atoms with Gasteiger partial charge in [0, 0.05) is 9.64 Å². The molecule has 110 valence electrons. The van der Waals surface area contributed by atoms with Crippen molar-refractivity contribution in [2.75, 3.05) is 24.9 Å². The van der Waals surface area contributed by atoms with Crippen molar-refractivity contribution in [2.45, 2.75) is 0 Å². The number of hydrogen-bond acceptors (Lipinski definition) is 3. The van der Waals surface area contributed by atoms with Crippen LogP contribution in [0.3, 0.4) is 0 Å². The zero-order valence-electron chi connectivity index (χ0n) is 11.6. The monoisotopic (exact) mass is 414 g/mol. The Kier molecular flexibility index (Phi) is 5.63. The van der Waals surface area contributed by atoms with Crippen LogP contribution in [0.5, 0.6) is 11.5 Å². The molecular formula is C15H15IN2O2S. The van der Waals surface area contributed by atoms with Crippen molar-refractivity contribution >= 4 is 51.3 Å². The molecule has 2 N–H and O–H groups in total. The average Bonchev–Trinajstić information content (AvgIpc) is 2.49. The highest BCUT2D eigenvalue weighted by molar-refractivity contribution is 14.1. The summed E-state index contributed by atoms with van der Waals surface area (Å²) in [5.74, 6) is 1.43. The van der Waals surface area contributed by atoms with E-state index in [2.05, 4.69) is 33.2 Å². The van der Waals surface area contributed by atoms with Gasteiger partial charge in [0.15, 0.2) is 5.11 Å². The number of benzene rings is 2. The van der Waals surface area contributed by atoms with Crippen LogP contribution in [0.2, 0.25) is 0 Å². The van der Waals surface area contributed by atoms with E-state index in [-0.39, 0.29) is 0 Å². The second kappa shape index (κ2) is 7.46. The lowest BCUT2D eigenvalue weighted by Gasteiger charge is -2.15. The Morgan fingerprint density at radius 1 is 1.00 bits per heavy atom. The summed E-state index contributed by atoms with van der Waals surface area (Å²) >= 11 is 7.60. The van der Waals surface area contributed by atoms with Gasteiger partial charge in [-0.05, 0) is 59.1 Å². The number of thiocarbonyl (C=S) groups is 1. The van der Waals surface area contributed by atoms with Crippen LogP contribution in [0.1, 0.15) is 0 Å². The molecule has 0 spiro atoms. The van der Waals surface area contributed by atoms with Crippen molar-refractivity contribution in [1.82, 2.24) is 0 Å². The smallest absolute Gasteiger partial charge is 0.175 e. The van der Waals surface area contributed by atoms with Crippen LogP contribution in [-0.4, -0.2) is 19.3 Å². The molecule has 0 aromatic heterocycles. The van der Waals surface area contributed by atoms with Crippen LogP contribution in [0, 0.1) is 3.57 Å². The van der Waals surface area contributed by atoms with Gasteiger partial charge in [0.2, 0.25) is 0 Å². The minimum absolute atomic E-state index is 0.491. The first-order chi connectivity index (χ1) is 10.1. The summed E-state index contributed by atoms with van der Waals surface area (Å²) in [7, 11) is 3.23. The Morgan fingerprint density at radius 2 is 1.71 bits per heavy atom. The van der Waals surface area contributed by atoms with E-state index in [0.717, 1.165) is 20.7 Å². The van der Waals surface area contributed by atoms with Crippen molar-refractivity contribution in [3.8, 4) is 11.5 Å². The molecule has 4 nitrogen and oxygen atoms in total. The lowest BCUT2D eigenvalue weighted by atomic mass is 10.2. The van der Waals surface area contributed by atoms with E-state index in [9.17, 15) is 0 Å². The molecule has 0 unspecified atom stereocenters. The van der Waals surface area contributed by atoms with Gasteiger partial charge in [-0.25, -0.2) is 0 Å². The van der Waals surface area contributed by atoms with E-state index in [1.54, 1.807) is 14.2 Å². The van der Waals surface area contributed by atoms with Crippen molar-refractivity contribution < 1.29 is 9.47 Å². The van der Waals surface area contributed by atoms with Gasteiger partial charge in [0.1, 0.15) is 11.5 Å². The Bertz CT molecular complexity index is 649. The number of para-hydroxylation sites is 1. The van der Waals surface area contributed by atoms with Gasteiger partial charge in [-0.15, -0.1) is 0 Å². The SMILES string of the molecule is COc1ccc(OC)c(NC(=S)Nc2ccccc2I)c1. The van der Waals surface area contributed by atoms with Gasteiger partial charge in [-0.3, -0.25) is 0 Å². The molecule has 0 heterocycles. The van der Waals surface area contributed by atoms with Crippen LogP contribution < -0.4 is 20.1 Å². The molecule has 2 rings (SSSR count). The Morgan fingerprint density at radius 3 is 2.38 bits per heavy atom. The minimum atomic E-state index is 0.491. The van der Waals surface area contributed by atoms with Gasteiger partial charge in [-0.1, -0.05) is 12.1 Å². The molecule has 2 aromatic carbocycles. The normalized spacial score (nSPS) is 9.86. The highest BCUT2D eigenvalue weighted by Gasteiger charge is 2.08. The average molecular weight is 414 g/mol. The summed E-state index contributed by atoms with van der Waals surface area (Å²) in [4.78, 5) is 0. The van der Waals surface area contributed by atoms with Gasteiger partial charge in [0.25, 0.3) is 0 Å². The van der Waals surface area contributed by atoms with Crippen LogP contribution in [0.25, 0.3) is 0 Å². The maximum Gasteiger partial charge on any atom is 0.175 e. The Balaban J connectivity index is 2.14. The second-order valence-electron chi connectivity index (χ2n) is 4.13. The molecular weight excluding hydrogens is 399 g/mol.